The van der Waals surface area contributed by atoms with Gasteiger partial charge in [-0.15, -0.1) is 0 Å². The summed E-state index contributed by atoms with van der Waals surface area (Å²) in [7, 11) is 0. The summed E-state index contributed by atoms with van der Waals surface area (Å²) in [5.41, 5.74) is 0.185. The first-order chi connectivity index (χ1) is 15.1. The molecule has 1 unspecified atom stereocenters. The molecule has 0 aromatic heterocycles. The molecule has 2 aliphatic heterocycles. The predicted octanol–water partition coefficient (Wildman–Crippen LogP) is 2.58. The fraction of sp³-hybridized carbons (Fsp3) is 0.591. The second-order valence-electron chi connectivity index (χ2n) is 9.20. The molecule has 0 radical (unpaired) electrons. The number of nitrogens with one attached hydrogen (secondary N) is 1. The van der Waals surface area contributed by atoms with Crippen molar-refractivity contribution in [3.8, 4) is 6.07 Å². The Morgan fingerprint density at radius 2 is 1.97 bits per heavy atom. The van der Waals surface area contributed by atoms with Crippen LogP contribution in [-0.4, -0.2) is 63.5 Å². The van der Waals surface area contributed by atoms with E-state index in [-0.39, 0.29) is 17.6 Å². The summed E-state index contributed by atoms with van der Waals surface area (Å²) in [6, 6.07) is 7.10. The van der Waals surface area contributed by atoms with Gasteiger partial charge in [-0.25, -0.2) is 4.79 Å². The molecule has 0 aliphatic carbocycles. The smallest absolute Gasteiger partial charge is 0.411 e. The predicted molar refractivity (Wildman–Crippen MR) is 115 cm³/mol. The number of hydrogen-bond donors (Lipinski definition) is 1. The van der Waals surface area contributed by atoms with Crippen LogP contribution >= 0.6 is 0 Å². The van der Waals surface area contributed by atoms with Gasteiger partial charge in [-0.2, -0.15) is 5.26 Å². The zero-order chi connectivity index (χ0) is 23.5. The van der Waals surface area contributed by atoms with Gasteiger partial charge in [0.2, 0.25) is 5.91 Å². The number of non-ortho nitro benzene ring substituents is 1. The molecule has 3 atom stereocenters. The molecule has 2 aliphatic rings. The normalized spacial score (nSPS) is 23.1. The van der Waals surface area contributed by atoms with Crippen molar-refractivity contribution in [3.05, 3.63) is 39.9 Å². The van der Waals surface area contributed by atoms with Crippen molar-refractivity contribution in [3.63, 3.8) is 0 Å². The minimum Gasteiger partial charge on any atom is -0.444 e. The molecule has 10 heteroatoms. The van der Waals surface area contributed by atoms with Crippen LogP contribution in [0.15, 0.2) is 24.3 Å². The molecule has 10 nitrogen and oxygen atoms in total. The first-order valence-electron chi connectivity index (χ1n) is 10.8. The van der Waals surface area contributed by atoms with Crippen LogP contribution in [0.25, 0.3) is 0 Å². The summed E-state index contributed by atoms with van der Waals surface area (Å²) in [4.78, 5) is 39.5. The number of rotatable bonds is 5. The highest BCUT2D eigenvalue weighted by atomic mass is 16.6. The van der Waals surface area contributed by atoms with Gasteiger partial charge in [0.25, 0.3) is 5.69 Å². The Morgan fingerprint density at radius 3 is 2.56 bits per heavy atom. The lowest BCUT2D eigenvalue weighted by molar-refractivity contribution is -0.384. The molecular weight excluding hydrogens is 414 g/mol. The zero-order valence-corrected chi connectivity index (χ0v) is 18.6. The number of hydrogen-bond acceptors (Lipinski definition) is 7. The lowest BCUT2D eigenvalue weighted by Gasteiger charge is -2.30. The highest BCUT2D eigenvalue weighted by Gasteiger charge is 2.44. The third-order valence-corrected chi connectivity index (χ3v) is 5.64. The van der Waals surface area contributed by atoms with Gasteiger partial charge in [0.05, 0.1) is 11.0 Å². The second kappa shape index (κ2) is 9.53. The van der Waals surface area contributed by atoms with E-state index in [0.717, 1.165) is 12.0 Å². The van der Waals surface area contributed by atoms with Gasteiger partial charge in [0.15, 0.2) is 0 Å². The summed E-state index contributed by atoms with van der Waals surface area (Å²) >= 11 is 0. The molecule has 2 amide bonds. The molecule has 32 heavy (non-hydrogen) atoms. The Morgan fingerprint density at radius 1 is 1.28 bits per heavy atom. The van der Waals surface area contributed by atoms with Crippen molar-refractivity contribution < 1.29 is 19.2 Å². The SMILES string of the molecule is CC(C)(C)OC(=O)N1C[C@@H](NCc2ccc([N+](=O)[O-])cc2)C[C@H]1C(=O)N1CCCC1C#N. The molecular formula is C22H29N5O5. The number of carbonyl (C=O) groups excluding carboxylic acids is 2. The number of amides is 2. The van der Waals surface area contributed by atoms with Crippen molar-refractivity contribution in [2.75, 3.05) is 13.1 Å². The van der Waals surface area contributed by atoms with Crippen LogP contribution in [0.3, 0.4) is 0 Å². The quantitative estimate of drug-likeness (QED) is 0.547. The van der Waals surface area contributed by atoms with Crippen molar-refractivity contribution in [2.24, 2.45) is 0 Å². The Bertz CT molecular complexity index is 905. The highest BCUT2D eigenvalue weighted by Crippen LogP contribution is 2.27. The van der Waals surface area contributed by atoms with Gasteiger partial charge in [-0.3, -0.25) is 19.8 Å². The first kappa shape index (κ1) is 23.5. The van der Waals surface area contributed by atoms with Crippen molar-refractivity contribution in [1.82, 2.24) is 15.1 Å². The third kappa shape index (κ3) is 5.53. The molecule has 0 bridgehead atoms. The van der Waals surface area contributed by atoms with Gasteiger partial charge < -0.3 is 15.0 Å². The summed E-state index contributed by atoms with van der Waals surface area (Å²) in [5, 5.41) is 23.5. The van der Waals surface area contributed by atoms with Crippen LogP contribution in [-0.2, 0) is 16.1 Å². The Balaban J connectivity index is 1.70. The minimum absolute atomic E-state index is 0.0223. The van der Waals surface area contributed by atoms with Crippen molar-refractivity contribution >= 4 is 17.7 Å². The number of nitro benzene ring substituents is 1. The molecule has 1 aromatic carbocycles. The van der Waals surface area contributed by atoms with Gasteiger partial charge in [-0.05, 0) is 45.6 Å². The maximum Gasteiger partial charge on any atom is 0.411 e. The average molecular weight is 444 g/mol. The van der Waals surface area contributed by atoms with E-state index in [1.807, 2.05) is 0 Å². The minimum atomic E-state index is -0.701. The van der Waals surface area contributed by atoms with E-state index in [2.05, 4.69) is 11.4 Å². The molecule has 0 saturated carbocycles. The summed E-state index contributed by atoms with van der Waals surface area (Å²) in [6.45, 7) is 6.56. The van der Waals surface area contributed by atoms with Crippen LogP contribution < -0.4 is 5.32 Å². The van der Waals surface area contributed by atoms with Gasteiger partial charge in [0, 0.05) is 37.8 Å². The Labute approximate surface area is 187 Å². The maximum atomic E-state index is 13.3. The fourth-order valence-corrected chi connectivity index (χ4v) is 4.09. The van der Waals surface area contributed by atoms with E-state index >= 15 is 0 Å². The number of nitrogens with zero attached hydrogens (tertiary/aromatic N) is 4. The maximum absolute atomic E-state index is 13.3. The largest absolute Gasteiger partial charge is 0.444 e. The molecule has 1 aromatic rings. The van der Waals surface area contributed by atoms with Crippen molar-refractivity contribution in [1.29, 1.82) is 5.26 Å². The Kier molecular flexibility index (Phi) is 6.99. The topological polar surface area (TPSA) is 129 Å². The zero-order valence-electron chi connectivity index (χ0n) is 18.6. The van der Waals surface area contributed by atoms with E-state index in [0.29, 0.717) is 32.5 Å². The number of nitriles is 1. The average Bonchev–Trinajstić information content (AvgIpc) is 3.38. The van der Waals surface area contributed by atoms with Crippen LogP contribution in [0.5, 0.6) is 0 Å². The van der Waals surface area contributed by atoms with Crippen LogP contribution in [0, 0.1) is 21.4 Å². The van der Waals surface area contributed by atoms with Gasteiger partial charge >= 0.3 is 6.09 Å². The first-order valence-corrected chi connectivity index (χ1v) is 10.8. The summed E-state index contributed by atoms with van der Waals surface area (Å²) < 4.78 is 5.52. The van der Waals surface area contributed by atoms with Crippen LogP contribution in [0.4, 0.5) is 10.5 Å². The lowest BCUT2D eigenvalue weighted by Crippen LogP contribution is -2.50. The molecule has 2 fully saturated rings. The number of carbonyl (C=O) groups is 2. The molecule has 0 spiro atoms. The van der Waals surface area contributed by atoms with E-state index in [9.17, 15) is 25.0 Å². The number of likely N-dealkylation sites (tertiary alicyclic amines) is 2. The Hall–Kier alpha value is -3.19. The third-order valence-electron chi connectivity index (χ3n) is 5.64. The van der Waals surface area contributed by atoms with Crippen molar-refractivity contribution in [2.45, 2.75) is 70.3 Å². The monoisotopic (exact) mass is 443 g/mol. The molecule has 172 valence electrons. The number of benzene rings is 1. The van der Waals surface area contributed by atoms with E-state index in [4.69, 9.17) is 4.74 Å². The van der Waals surface area contributed by atoms with E-state index in [1.54, 1.807) is 37.8 Å². The summed E-state index contributed by atoms with van der Waals surface area (Å²) in [5.74, 6) is -0.223. The lowest BCUT2D eigenvalue weighted by atomic mass is 10.1. The fourth-order valence-electron chi connectivity index (χ4n) is 4.09. The van der Waals surface area contributed by atoms with E-state index in [1.165, 1.54) is 17.0 Å². The molecule has 2 heterocycles. The standard InChI is InChI=1S/C22H29N5O5/c1-22(2,3)32-21(29)26-14-16(24-13-15-6-8-17(9-7-15)27(30)31)11-19(26)20(28)25-10-4-5-18(25)12-23/h6-9,16,18-19,24H,4-5,10-11,13-14H2,1-3H3/t16-,18?,19-/m0/s1. The van der Waals surface area contributed by atoms with Gasteiger partial charge in [0.1, 0.15) is 17.7 Å². The molecule has 3 rings (SSSR count). The van der Waals surface area contributed by atoms with Gasteiger partial charge in [-0.1, -0.05) is 12.1 Å². The van der Waals surface area contributed by atoms with Crippen LogP contribution in [0.2, 0.25) is 0 Å². The molecule has 2 saturated heterocycles. The summed E-state index contributed by atoms with van der Waals surface area (Å²) in [6.07, 6.45) is 1.26. The van der Waals surface area contributed by atoms with E-state index < -0.39 is 28.7 Å². The highest BCUT2D eigenvalue weighted by molar-refractivity contribution is 5.87. The number of nitro groups is 1. The molecule has 1 N–H and O–H groups in total. The second-order valence-corrected chi connectivity index (χ2v) is 9.20. The van der Waals surface area contributed by atoms with Crippen LogP contribution in [0.1, 0.15) is 45.6 Å². The number of ether oxygens (including phenoxy) is 1.